The number of aryl methyl sites for hydroxylation is 1. The number of nitriles is 1. The number of ether oxygens (including phenoxy) is 1. The van der Waals surface area contributed by atoms with Gasteiger partial charge in [-0.2, -0.15) is 5.26 Å². The third-order valence-corrected chi connectivity index (χ3v) is 7.74. The molecule has 4 atom stereocenters. The normalized spacial score (nSPS) is 19.3. The number of urea groups is 1. The topological polar surface area (TPSA) is 120 Å². The molecule has 4 aromatic rings. The van der Waals surface area contributed by atoms with Gasteiger partial charge in [-0.05, 0) is 72.6 Å². The Morgan fingerprint density at radius 1 is 0.930 bits per heavy atom. The van der Waals surface area contributed by atoms with Crippen LogP contribution in [0.15, 0.2) is 97.1 Å². The van der Waals surface area contributed by atoms with Gasteiger partial charge >= 0.3 is 12.0 Å². The van der Waals surface area contributed by atoms with E-state index in [-0.39, 0.29) is 5.78 Å². The molecular weight excluding hydrogens is 549 g/mol. The van der Waals surface area contributed by atoms with Crippen molar-refractivity contribution in [2.75, 3.05) is 12.4 Å². The molecule has 1 aliphatic rings. The van der Waals surface area contributed by atoms with E-state index in [0.29, 0.717) is 33.7 Å². The Morgan fingerprint density at radius 2 is 1.58 bits per heavy atom. The molecular formula is C34H28FN3O5. The van der Waals surface area contributed by atoms with Crippen molar-refractivity contribution in [1.82, 2.24) is 4.90 Å². The fourth-order valence-corrected chi connectivity index (χ4v) is 5.79. The van der Waals surface area contributed by atoms with E-state index in [2.05, 4.69) is 11.4 Å². The number of carboxylic acids is 1. The summed E-state index contributed by atoms with van der Waals surface area (Å²) < 4.78 is 19.2. The molecule has 4 aromatic carbocycles. The summed E-state index contributed by atoms with van der Waals surface area (Å²) in [6.45, 7) is 1.84. The van der Waals surface area contributed by atoms with Crippen LogP contribution in [0.5, 0.6) is 5.75 Å². The highest BCUT2D eigenvalue weighted by atomic mass is 19.1. The summed E-state index contributed by atoms with van der Waals surface area (Å²) in [5.41, 5.74) is 2.82. The average molecular weight is 578 g/mol. The Labute approximate surface area is 248 Å². The fourth-order valence-electron chi connectivity index (χ4n) is 5.79. The van der Waals surface area contributed by atoms with Gasteiger partial charge in [0.2, 0.25) is 0 Å². The first kappa shape index (κ1) is 29.0. The molecule has 1 heterocycles. The lowest BCUT2D eigenvalue weighted by Crippen LogP contribution is -2.45. The molecule has 0 spiro atoms. The summed E-state index contributed by atoms with van der Waals surface area (Å²) in [5, 5.41) is 22.8. The van der Waals surface area contributed by atoms with Crippen molar-refractivity contribution in [3.63, 3.8) is 0 Å². The van der Waals surface area contributed by atoms with Crippen molar-refractivity contribution >= 4 is 23.5 Å². The number of nitrogens with one attached hydrogen (secondary N) is 1. The molecule has 8 nitrogen and oxygen atoms in total. The monoisotopic (exact) mass is 577 g/mol. The number of Topliss-reactive ketones (excluding diaryl/α,β-unsaturated/α-hetero) is 1. The Morgan fingerprint density at radius 3 is 2.16 bits per heavy atom. The third kappa shape index (κ3) is 5.81. The highest BCUT2D eigenvalue weighted by molar-refractivity contribution is 6.02. The van der Waals surface area contributed by atoms with Gasteiger partial charge in [-0.25, -0.2) is 14.0 Å². The largest absolute Gasteiger partial charge is 0.497 e. The number of hydrogen-bond acceptors (Lipinski definition) is 5. The molecule has 1 fully saturated rings. The van der Waals surface area contributed by atoms with Crippen molar-refractivity contribution in [1.29, 1.82) is 5.26 Å². The summed E-state index contributed by atoms with van der Waals surface area (Å²) in [4.78, 5) is 42.8. The van der Waals surface area contributed by atoms with Gasteiger partial charge in [0.1, 0.15) is 17.6 Å². The Hall–Kier alpha value is -5.49. The SMILES string of the molecule is COc1ccc(NC(=O)N2C(C(=O)O)C(c3ccc(F)cc3)C(C(=O)c3cccc(C)c3)C2c2ccc(C#N)cc2)cc1. The number of ketones is 1. The number of aliphatic carboxylic acids is 1. The van der Waals surface area contributed by atoms with E-state index in [9.17, 15) is 29.1 Å². The van der Waals surface area contributed by atoms with E-state index in [0.717, 1.165) is 5.56 Å². The van der Waals surface area contributed by atoms with Crippen LogP contribution in [0, 0.1) is 30.0 Å². The standard InChI is InChI=1S/C34H28FN3O5/c1-20-4-3-5-24(18-20)32(39)29-28(22-10-12-25(35)13-11-22)31(33(40)41)38(30(29)23-8-6-21(19-36)7-9-23)34(42)37-26-14-16-27(43-2)17-15-26/h3-18,28-31H,1-2H3,(H,37,42)(H,40,41). The van der Waals surface area contributed by atoms with Crippen LogP contribution in [0.2, 0.25) is 0 Å². The van der Waals surface area contributed by atoms with Crippen molar-refractivity contribution < 1.29 is 28.6 Å². The highest BCUT2D eigenvalue weighted by Gasteiger charge is 2.57. The van der Waals surface area contributed by atoms with Gasteiger partial charge in [-0.3, -0.25) is 4.79 Å². The first-order valence-corrected chi connectivity index (χ1v) is 13.5. The number of rotatable bonds is 7. The predicted octanol–water partition coefficient (Wildman–Crippen LogP) is 6.34. The third-order valence-electron chi connectivity index (χ3n) is 7.74. The van der Waals surface area contributed by atoms with E-state index < -0.39 is 41.7 Å². The zero-order chi connectivity index (χ0) is 30.7. The van der Waals surface area contributed by atoms with Crippen LogP contribution < -0.4 is 10.1 Å². The summed E-state index contributed by atoms with van der Waals surface area (Å²) >= 11 is 0. The molecule has 2 amide bonds. The van der Waals surface area contributed by atoms with Crippen LogP contribution in [0.3, 0.4) is 0 Å². The number of hydrogen-bond donors (Lipinski definition) is 2. The number of halogens is 1. The second-order valence-corrected chi connectivity index (χ2v) is 10.4. The molecule has 43 heavy (non-hydrogen) atoms. The average Bonchev–Trinajstić information content (AvgIpc) is 3.38. The van der Waals surface area contributed by atoms with E-state index >= 15 is 0 Å². The van der Waals surface area contributed by atoms with Crippen LogP contribution in [0.4, 0.5) is 14.9 Å². The number of amides is 2. The molecule has 0 saturated carbocycles. The molecule has 1 saturated heterocycles. The molecule has 0 aliphatic carbocycles. The maximum atomic E-state index is 14.4. The predicted molar refractivity (Wildman–Crippen MR) is 157 cm³/mol. The Balaban J connectivity index is 1.71. The van der Waals surface area contributed by atoms with Crippen LogP contribution in [0.1, 0.15) is 44.6 Å². The van der Waals surface area contributed by atoms with E-state index in [4.69, 9.17) is 4.74 Å². The molecule has 216 valence electrons. The number of benzene rings is 4. The van der Waals surface area contributed by atoms with Gasteiger partial charge in [0.15, 0.2) is 5.78 Å². The molecule has 1 aliphatic heterocycles. The maximum absolute atomic E-state index is 14.4. The van der Waals surface area contributed by atoms with Gasteiger partial charge < -0.3 is 20.1 Å². The van der Waals surface area contributed by atoms with Gasteiger partial charge in [0, 0.05) is 17.2 Å². The number of carboxylic acid groups (broad SMARTS) is 1. The molecule has 5 rings (SSSR count). The molecule has 9 heteroatoms. The summed E-state index contributed by atoms with van der Waals surface area (Å²) in [5.74, 6) is -3.74. The number of carbonyl (C=O) groups excluding carboxylic acids is 2. The first-order chi connectivity index (χ1) is 20.7. The van der Waals surface area contributed by atoms with E-state index in [1.165, 1.54) is 36.3 Å². The Bertz CT molecular complexity index is 1700. The minimum absolute atomic E-state index is 0.359. The lowest BCUT2D eigenvalue weighted by Gasteiger charge is -2.30. The zero-order valence-corrected chi connectivity index (χ0v) is 23.4. The van der Waals surface area contributed by atoms with Gasteiger partial charge in [-0.15, -0.1) is 0 Å². The number of likely N-dealkylation sites (tertiary alicyclic amines) is 1. The van der Waals surface area contributed by atoms with Crippen molar-refractivity contribution in [3.05, 3.63) is 131 Å². The molecule has 0 bridgehead atoms. The number of methoxy groups -OCH3 is 1. The second-order valence-electron chi connectivity index (χ2n) is 10.4. The molecule has 0 radical (unpaired) electrons. The summed E-state index contributed by atoms with van der Waals surface area (Å²) in [6.07, 6.45) is 0. The number of nitrogens with zero attached hydrogens (tertiary/aromatic N) is 2. The second kappa shape index (κ2) is 12.2. The highest BCUT2D eigenvalue weighted by Crippen LogP contribution is 2.51. The Kier molecular flexibility index (Phi) is 8.21. The number of carbonyl (C=O) groups is 3. The lowest BCUT2D eigenvalue weighted by atomic mass is 9.76. The van der Waals surface area contributed by atoms with Crippen molar-refractivity contribution in [3.8, 4) is 11.8 Å². The fraction of sp³-hybridized carbons (Fsp3) is 0.176. The smallest absolute Gasteiger partial charge is 0.327 e. The van der Waals surface area contributed by atoms with E-state index in [1.807, 2.05) is 13.0 Å². The maximum Gasteiger partial charge on any atom is 0.327 e. The molecule has 2 N–H and O–H groups in total. The first-order valence-electron chi connectivity index (χ1n) is 13.5. The molecule has 4 unspecified atom stereocenters. The van der Waals surface area contributed by atoms with Crippen molar-refractivity contribution in [2.45, 2.75) is 24.9 Å². The van der Waals surface area contributed by atoms with Crippen LogP contribution >= 0.6 is 0 Å². The summed E-state index contributed by atoms with van der Waals surface area (Å²) in [7, 11) is 1.51. The minimum atomic E-state index is -1.50. The minimum Gasteiger partial charge on any atom is -0.497 e. The van der Waals surface area contributed by atoms with Gasteiger partial charge in [0.25, 0.3) is 0 Å². The molecule has 0 aromatic heterocycles. The van der Waals surface area contributed by atoms with Crippen molar-refractivity contribution in [2.24, 2.45) is 5.92 Å². The quantitative estimate of drug-likeness (QED) is 0.248. The van der Waals surface area contributed by atoms with E-state index in [1.54, 1.807) is 66.7 Å². The van der Waals surface area contributed by atoms with Gasteiger partial charge in [-0.1, -0.05) is 48.0 Å². The van der Waals surface area contributed by atoms with Crippen LogP contribution in [-0.4, -0.2) is 40.9 Å². The zero-order valence-electron chi connectivity index (χ0n) is 23.4. The van der Waals surface area contributed by atoms with Crippen LogP contribution in [-0.2, 0) is 4.79 Å². The van der Waals surface area contributed by atoms with Gasteiger partial charge in [0.05, 0.1) is 30.7 Å². The summed E-state index contributed by atoms with van der Waals surface area (Å²) in [6, 6.07) is 24.0. The number of anilines is 1. The van der Waals surface area contributed by atoms with Crippen LogP contribution in [0.25, 0.3) is 0 Å². The lowest BCUT2D eigenvalue weighted by molar-refractivity contribution is -0.142.